The Morgan fingerprint density at radius 3 is 2.17 bits per heavy atom. The molecule has 3 N–H and O–H groups in total. The van der Waals surface area contributed by atoms with E-state index in [4.69, 9.17) is 5.73 Å². The molecule has 0 saturated carbocycles. The van der Waals surface area contributed by atoms with Gasteiger partial charge in [0.15, 0.2) is 0 Å². The first-order valence-corrected chi connectivity index (χ1v) is 10.2. The van der Waals surface area contributed by atoms with Crippen LogP contribution in [0.2, 0.25) is 0 Å². The van der Waals surface area contributed by atoms with Crippen LogP contribution in [0.4, 0.5) is 8.78 Å². The van der Waals surface area contributed by atoms with Crippen molar-refractivity contribution in [2.45, 2.75) is 39.2 Å². The Morgan fingerprint density at radius 1 is 1.00 bits per heavy atom. The van der Waals surface area contributed by atoms with E-state index in [1.807, 2.05) is 13.8 Å². The molecule has 2 aromatic carbocycles. The molecule has 0 spiro atoms. The number of carbonyl (C=O) groups is 2. The van der Waals surface area contributed by atoms with Crippen molar-refractivity contribution < 1.29 is 18.4 Å². The van der Waals surface area contributed by atoms with Gasteiger partial charge in [0.05, 0.1) is 0 Å². The lowest BCUT2D eigenvalue weighted by molar-refractivity contribution is 0.0755. The van der Waals surface area contributed by atoms with Crippen LogP contribution < -0.4 is 11.1 Å². The van der Waals surface area contributed by atoms with Crippen LogP contribution in [0.15, 0.2) is 42.5 Å². The SMILES string of the molecule is CCCN(CCC)C(=O)c1cccc(C(=O)N[C@H](CN)Cc2cc(F)cc(F)c2)c1. The van der Waals surface area contributed by atoms with E-state index in [0.717, 1.165) is 18.9 Å². The molecule has 0 fully saturated rings. The predicted molar refractivity (Wildman–Crippen MR) is 113 cm³/mol. The lowest BCUT2D eigenvalue weighted by Crippen LogP contribution is -2.41. The molecule has 30 heavy (non-hydrogen) atoms. The van der Waals surface area contributed by atoms with Gasteiger partial charge < -0.3 is 16.0 Å². The smallest absolute Gasteiger partial charge is 0.253 e. The van der Waals surface area contributed by atoms with Gasteiger partial charge in [0, 0.05) is 42.9 Å². The molecule has 0 radical (unpaired) electrons. The monoisotopic (exact) mass is 417 g/mol. The van der Waals surface area contributed by atoms with E-state index in [9.17, 15) is 18.4 Å². The quantitative estimate of drug-likeness (QED) is 0.621. The summed E-state index contributed by atoms with van der Waals surface area (Å²) < 4.78 is 26.8. The molecule has 2 amide bonds. The molecule has 0 aliphatic heterocycles. The number of carbonyl (C=O) groups excluding carboxylic acids is 2. The fourth-order valence-electron chi connectivity index (χ4n) is 3.31. The average Bonchev–Trinajstić information content (AvgIpc) is 2.72. The fourth-order valence-corrected chi connectivity index (χ4v) is 3.31. The minimum absolute atomic E-state index is 0.100. The molecule has 0 aromatic heterocycles. The summed E-state index contributed by atoms with van der Waals surface area (Å²) >= 11 is 0. The molecule has 1 atom stereocenters. The lowest BCUT2D eigenvalue weighted by Gasteiger charge is -2.22. The molecule has 162 valence electrons. The number of rotatable bonds is 10. The van der Waals surface area contributed by atoms with Crippen molar-refractivity contribution in [1.82, 2.24) is 10.2 Å². The minimum atomic E-state index is -0.679. The molecular weight excluding hydrogens is 388 g/mol. The number of nitrogens with one attached hydrogen (secondary N) is 1. The molecule has 2 rings (SSSR count). The summed E-state index contributed by atoms with van der Waals surface area (Å²) in [4.78, 5) is 27.3. The van der Waals surface area contributed by atoms with Crippen LogP contribution in [0.5, 0.6) is 0 Å². The second-order valence-electron chi connectivity index (χ2n) is 7.26. The highest BCUT2D eigenvalue weighted by Crippen LogP contribution is 2.12. The third-order valence-electron chi connectivity index (χ3n) is 4.67. The van der Waals surface area contributed by atoms with Gasteiger partial charge in [-0.2, -0.15) is 0 Å². The summed E-state index contributed by atoms with van der Waals surface area (Å²) in [5, 5.41) is 2.78. The van der Waals surface area contributed by atoms with Gasteiger partial charge >= 0.3 is 0 Å². The highest BCUT2D eigenvalue weighted by atomic mass is 19.1. The van der Waals surface area contributed by atoms with Crippen molar-refractivity contribution in [3.05, 3.63) is 70.8 Å². The van der Waals surface area contributed by atoms with Gasteiger partial charge in [-0.3, -0.25) is 9.59 Å². The van der Waals surface area contributed by atoms with Crippen molar-refractivity contribution in [2.75, 3.05) is 19.6 Å². The maximum atomic E-state index is 13.4. The van der Waals surface area contributed by atoms with Crippen molar-refractivity contribution in [3.63, 3.8) is 0 Å². The van der Waals surface area contributed by atoms with Crippen LogP contribution in [0.3, 0.4) is 0 Å². The van der Waals surface area contributed by atoms with Crippen LogP contribution in [0.25, 0.3) is 0 Å². The zero-order chi connectivity index (χ0) is 22.1. The summed E-state index contributed by atoms with van der Waals surface area (Å²) in [6, 6.07) is 9.25. The Bertz CT molecular complexity index is 847. The van der Waals surface area contributed by atoms with Crippen LogP contribution in [0, 0.1) is 11.6 Å². The standard InChI is InChI=1S/C23H29F2N3O2/c1-3-8-28(9-4-2)23(30)18-7-5-6-17(13-18)22(29)27-21(15-26)12-16-10-19(24)14-20(25)11-16/h5-7,10-11,13-14,21H,3-4,8-9,12,15,26H2,1-2H3,(H,27,29)/t21-/m0/s1. The van der Waals surface area contributed by atoms with Gasteiger partial charge in [-0.1, -0.05) is 19.9 Å². The Kier molecular flexibility index (Phi) is 8.92. The van der Waals surface area contributed by atoms with E-state index in [-0.39, 0.29) is 18.9 Å². The molecule has 0 saturated heterocycles. The predicted octanol–water partition coefficient (Wildman–Crippen LogP) is 3.53. The van der Waals surface area contributed by atoms with Gasteiger partial charge in [0.25, 0.3) is 11.8 Å². The summed E-state index contributed by atoms with van der Waals surface area (Å²) in [6.45, 7) is 5.43. The summed E-state index contributed by atoms with van der Waals surface area (Å²) in [6.07, 6.45) is 1.89. The van der Waals surface area contributed by atoms with Gasteiger partial charge in [-0.25, -0.2) is 8.78 Å². The topological polar surface area (TPSA) is 75.4 Å². The second-order valence-corrected chi connectivity index (χ2v) is 7.26. The van der Waals surface area contributed by atoms with Crippen molar-refractivity contribution >= 4 is 11.8 Å². The minimum Gasteiger partial charge on any atom is -0.348 e. The molecule has 0 aliphatic rings. The van der Waals surface area contributed by atoms with E-state index in [0.29, 0.717) is 29.8 Å². The highest BCUT2D eigenvalue weighted by molar-refractivity contribution is 5.99. The molecule has 2 aromatic rings. The first-order valence-electron chi connectivity index (χ1n) is 10.2. The van der Waals surface area contributed by atoms with Crippen LogP contribution in [-0.4, -0.2) is 42.4 Å². The normalized spacial score (nSPS) is 11.8. The van der Waals surface area contributed by atoms with E-state index < -0.39 is 23.6 Å². The van der Waals surface area contributed by atoms with Crippen molar-refractivity contribution in [3.8, 4) is 0 Å². The van der Waals surface area contributed by atoms with E-state index in [2.05, 4.69) is 5.32 Å². The average molecular weight is 418 g/mol. The largest absolute Gasteiger partial charge is 0.348 e. The highest BCUT2D eigenvalue weighted by Gasteiger charge is 2.18. The van der Waals surface area contributed by atoms with Crippen LogP contribution in [0.1, 0.15) is 53.0 Å². The van der Waals surface area contributed by atoms with Crippen molar-refractivity contribution in [1.29, 1.82) is 0 Å². The van der Waals surface area contributed by atoms with Gasteiger partial charge in [-0.05, 0) is 55.2 Å². The second kappa shape index (κ2) is 11.4. The number of nitrogens with two attached hydrogens (primary N) is 1. The number of benzene rings is 2. The van der Waals surface area contributed by atoms with Crippen LogP contribution in [-0.2, 0) is 6.42 Å². The third kappa shape index (κ3) is 6.62. The Balaban J connectivity index is 2.12. The maximum Gasteiger partial charge on any atom is 0.253 e. The zero-order valence-corrected chi connectivity index (χ0v) is 17.5. The Labute approximate surface area is 176 Å². The summed E-state index contributed by atoms with van der Waals surface area (Å²) in [5.74, 6) is -1.86. The molecule has 0 aliphatic carbocycles. The van der Waals surface area contributed by atoms with Gasteiger partial charge in [0.2, 0.25) is 0 Å². The molecule has 0 heterocycles. The third-order valence-corrected chi connectivity index (χ3v) is 4.67. The number of amides is 2. The lowest BCUT2D eigenvalue weighted by atomic mass is 10.0. The zero-order valence-electron chi connectivity index (χ0n) is 17.5. The molecule has 5 nitrogen and oxygen atoms in total. The Morgan fingerprint density at radius 2 is 1.60 bits per heavy atom. The fraction of sp³-hybridized carbons (Fsp3) is 0.391. The number of nitrogens with zero attached hydrogens (tertiary/aromatic N) is 1. The number of halogens is 2. The first kappa shape index (κ1) is 23.5. The summed E-state index contributed by atoms with van der Waals surface area (Å²) in [7, 11) is 0. The maximum absolute atomic E-state index is 13.4. The number of hydrogen-bond donors (Lipinski definition) is 2. The van der Waals surface area contributed by atoms with Crippen LogP contribution >= 0.6 is 0 Å². The van der Waals surface area contributed by atoms with E-state index in [1.54, 1.807) is 29.2 Å². The van der Waals surface area contributed by atoms with E-state index in [1.165, 1.54) is 12.1 Å². The first-order chi connectivity index (χ1) is 14.4. The molecular formula is C23H29F2N3O2. The molecule has 0 unspecified atom stereocenters. The van der Waals surface area contributed by atoms with Gasteiger partial charge in [0.1, 0.15) is 11.6 Å². The molecule has 0 bridgehead atoms. The van der Waals surface area contributed by atoms with Gasteiger partial charge in [-0.15, -0.1) is 0 Å². The number of hydrogen-bond acceptors (Lipinski definition) is 3. The van der Waals surface area contributed by atoms with E-state index >= 15 is 0 Å². The van der Waals surface area contributed by atoms with Crippen molar-refractivity contribution in [2.24, 2.45) is 5.73 Å². The Hall–Kier alpha value is -2.80. The summed E-state index contributed by atoms with van der Waals surface area (Å²) in [5.41, 5.74) is 6.93. The molecule has 7 heteroatoms.